The number of rotatable bonds is 1. The van der Waals surface area contributed by atoms with E-state index in [4.69, 9.17) is 4.74 Å². The highest BCUT2D eigenvalue weighted by atomic mass is 79.9. The molecular formula is C14H12BrNO2. The molecule has 3 nitrogen and oxygen atoms in total. The topological polar surface area (TPSA) is 29.5 Å². The van der Waals surface area contributed by atoms with Crippen molar-refractivity contribution in [2.24, 2.45) is 5.92 Å². The van der Waals surface area contributed by atoms with Crippen LogP contribution in [0.5, 0.6) is 0 Å². The molecule has 3 atom stereocenters. The first-order valence-corrected chi connectivity index (χ1v) is 6.91. The maximum atomic E-state index is 12.5. The summed E-state index contributed by atoms with van der Waals surface area (Å²) in [5.41, 5.74) is 0.569. The molecule has 0 aliphatic carbocycles. The lowest BCUT2D eigenvalue weighted by atomic mass is 9.86. The fourth-order valence-electron chi connectivity index (χ4n) is 3.28. The molecule has 1 amide bonds. The number of para-hydroxylation sites is 1. The van der Waals surface area contributed by atoms with Gasteiger partial charge in [-0.25, -0.2) is 0 Å². The molecule has 0 saturated carbocycles. The van der Waals surface area contributed by atoms with E-state index in [0.717, 1.165) is 16.6 Å². The second-order valence-corrected chi connectivity index (χ2v) is 6.05. The maximum absolute atomic E-state index is 12.5. The number of hydrogen-bond acceptors (Lipinski definition) is 2. The Kier molecular flexibility index (Phi) is 2.07. The molecule has 18 heavy (non-hydrogen) atoms. The lowest BCUT2D eigenvalue weighted by Gasteiger charge is -2.21. The Bertz CT molecular complexity index is 556. The monoisotopic (exact) mass is 305 g/mol. The third-order valence-corrected chi connectivity index (χ3v) is 4.87. The molecule has 4 rings (SSSR count). The second kappa shape index (κ2) is 3.45. The van der Waals surface area contributed by atoms with Crippen molar-refractivity contribution in [2.45, 2.75) is 18.1 Å². The number of benzene rings is 1. The van der Waals surface area contributed by atoms with Gasteiger partial charge in [0, 0.05) is 10.2 Å². The molecule has 0 radical (unpaired) electrons. The number of fused-ring (bicyclic) bond motifs is 1. The van der Waals surface area contributed by atoms with Crippen molar-refractivity contribution < 1.29 is 9.53 Å². The number of halogens is 1. The van der Waals surface area contributed by atoms with E-state index in [9.17, 15) is 4.79 Å². The highest BCUT2D eigenvalue weighted by Gasteiger charge is 2.62. The zero-order chi connectivity index (χ0) is 12.3. The quantitative estimate of drug-likeness (QED) is 0.798. The number of carbonyl (C=O) groups excluding carboxylic acids is 1. The predicted molar refractivity (Wildman–Crippen MR) is 71.5 cm³/mol. The van der Waals surface area contributed by atoms with E-state index < -0.39 is 5.60 Å². The van der Waals surface area contributed by atoms with Crippen LogP contribution in [-0.2, 0) is 9.53 Å². The SMILES string of the molecule is O=C1[C@H]2C[C@H]3O[C@@]2(C=C3Br)CN1c1ccccc1. The van der Waals surface area contributed by atoms with Crippen LogP contribution in [0.25, 0.3) is 0 Å². The summed E-state index contributed by atoms with van der Waals surface area (Å²) >= 11 is 3.53. The number of amides is 1. The molecule has 0 aromatic heterocycles. The van der Waals surface area contributed by atoms with Gasteiger partial charge < -0.3 is 9.64 Å². The normalized spacial score (nSPS) is 37.1. The number of nitrogens with zero attached hydrogens (tertiary/aromatic N) is 1. The average Bonchev–Trinajstić information content (AvgIpc) is 2.98. The summed E-state index contributed by atoms with van der Waals surface area (Å²) in [5, 5.41) is 0. The van der Waals surface area contributed by atoms with Gasteiger partial charge in [-0.15, -0.1) is 0 Å². The van der Waals surface area contributed by atoms with Crippen LogP contribution in [0.1, 0.15) is 6.42 Å². The van der Waals surface area contributed by atoms with Crippen LogP contribution >= 0.6 is 15.9 Å². The van der Waals surface area contributed by atoms with Crippen molar-refractivity contribution in [3.63, 3.8) is 0 Å². The van der Waals surface area contributed by atoms with Crippen LogP contribution in [0.15, 0.2) is 40.9 Å². The largest absolute Gasteiger partial charge is 0.360 e. The smallest absolute Gasteiger partial charge is 0.233 e. The van der Waals surface area contributed by atoms with Crippen molar-refractivity contribution in [3.8, 4) is 0 Å². The molecular weight excluding hydrogens is 294 g/mol. The molecule has 3 aliphatic heterocycles. The zero-order valence-corrected chi connectivity index (χ0v) is 11.3. The summed E-state index contributed by atoms with van der Waals surface area (Å²) in [4.78, 5) is 14.3. The van der Waals surface area contributed by atoms with Crippen LogP contribution in [0.4, 0.5) is 5.69 Å². The average molecular weight is 306 g/mol. The van der Waals surface area contributed by atoms with Crippen LogP contribution in [-0.4, -0.2) is 24.2 Å². The van der Waals surface area contributed by atoms with Gasteiger partial charge in [-0.1, -0.05) is 34.1 Å². The Morgan fingerprint density at radius 2 is 2.11 bits per heavy atom. The summed E-state index contributed by atoms with van der Waals surface area (Å²) in [5.74, 6) is 0.184. The van der Waals surface area contributed by atoms with E-state index in [1.807, 2.05) is 35.2 Å². The molecule has 2 fully saturated rings. The highest BCUT2D eigenvalue weighted by molar-refractivity contribution is 9.11. The zero-order valence-electron chi connectivity index (χ0n) is 9.67. The Balaban J connectivity index is 1.74. The summed E-state index contributed by atoms with van der Waals surface area (Å²) in [6.45, 7) is 0.631. The van der Waals surface area contributed by atoms with Crippen LogP contribution in [0.2, 0.25) is 0 Å². The van der Waals surface area contributed by atoms with Gasteiger partial charge in [0.25, 0.3) is 0 Å². The Morgan fingerprint density at radius 1 is 1.33 bits per heavy atom. The van der Waals surface area contributed by atoms with E-state index in [0.29, 0.717) is 6.54 Å². The van der Waals surface area contributed by atoms with Crippen molar-refractivity contribution in [1.29, 1.82) is 0 Å². The lowest BCUT2D eigenvalue weighted by Crippen LogP contribution is -2.33. The summed E-state index contributed by atoms with van der Waals surface area (Å²) in [6.07, 6.45) is 2.99. The molecule has 4 heteroatoms. The Labute approximate surface area is 114 Å². The number of hydrogen-bond donors (Lipinski definition) is 0. The van der Waals surface area contributed by atoms with E-state index in [1.54, 1.807) is 0 Å². The van der Waals surface area contributed by atoms with E-state index in [-0.39, 0.29) is 17.9 Å². The van der Waals surface area contributed by atoms with Crippen LogP contribution < -0.4 is 4.90 Å². The fraction of sp³-hybridized carbons (Fsp3) is 0.357. The molecule has 3 aliphatic rings. The summed E-state index contributed by atoms with van der Waals surface area (Å²) < 4.78 is 7.11. The van der Waals surface area contributed by atoms with Gasteiger partial charge in [0.15, 0.2) is 0 Å². The molecule has 1 aromatic rings. The first-order valence-electron chi connectivity index (χ1n) is 6.12. The molecule has 3 heterocycles. The first kappa shape index (κ1) is 10.8. The van der Waals surface area contributed by atoms with Crippen molar-refractivity contribution >= 4 is 27.5 Å². The van der Waals surface area contributed by atoms with Gasteiger partial charge in [0.1, 0.15) is 5.60 Å². The van der Waals surface area contributed by atoms with Crippen LogP contribution in [0.3, 0.4) is 0 Å². The Morgan fingerprint density at radius 3 is 2.83 bits per heavy atom. The van der Waals surface area contributed by atoms with Crippen molar-refractivity contribution in [3.05, 3.63) is 40.9 Å². The van der Waals surface area contributed by atoms with E-state index in [2.05, 4.69) is 22.0 Å². The van der Waals surface area contributed by atoms with Crippen LogP contribution in [0, 0.1) is 5.92 Å². The maximum Gasteiger partial charge on any atom is 0.233 e. The molecule has 0 unspecified atom stereocenters. The third-order valence-electron chi connectivity index (χ3n) is 4.13. The van der Waals surface area contributed by atoms with E-state index in [1.165, 1.54) is 0 Å². The molecule has 0 N–H and O–H groups in total. The van der Waals surface area contributed by atoms with Gasteiger partial charge in [-0.2, -0.15) is 0 Å². The molecule has 1 spiro atoms. The first-order chi connectivity index (χ1) is 8.70. The molecule has 2 saturated heterocycles. The number of carbonyl (C=O) groups is 1. The van der Waals surface area contributed by atoms with Crippen molar-refractivity contribution in [1.82, 2.24) is 0 Å². The standard InChI is InChI=1S/C14H12BrNO2/c15-11-7-14-8-16(9-4-2-1-3-5-9)13(17)10(14)6-12(11)18-14/h1-5,7,10,12H,6,8H2/t10-,12-,14+/m1/s1. The Hall–Kier alpha value is -1.13. The number of ether oxygens (including phenoxy) is 1. The minimum atomic E-state index is -0.392. The highest BCUT2D eigenvalue weighted by Crippen LogP contribution is 2.52. The minimum absolute atomic E-state index is 0.0102. The second-order valence-electron chi connectivity index (χ2n) is 5.14. The fourth-order valence-corrected chi connectivity index (χ4v) is 3.95. The molecule has 1 aromatic carbocycles. The number of anilines is 1. The van der Waals surface area contributed by atoms with Gasteiger partial charge in [0.2, 0.25) is 5.91 Å². The lowest BCUT2D eigenvalue weighted by molar-refractivity contribution is -0.121. The van der Waals surface area contributed by atoms with Gasteiger partial charge >= 0.3 is 0 Å². The molecule has 92 valence electrons. The van der Waals surface area contributed by atoms with Gasteiger partial charge in [0.05, 0.1) is 18.6 Å². The van der Waals surface area contributed by atoms with Crippen molar-refractivity contribution in [2.75, 3.05) is 11.4 Å². The summed E-state index contributed by atoms with van der Waals surface area (Å²) in [6, 6.07) is 9.82. The van der Waals surface area contributed by atoms with E-state index >= 15 is 0 Å². The predicted octanol–water partition coefficient (Wildman–Crippen LogP) is 2.47. The summed E-state index contributed by atoms with van der Waals surface area (Å²) in [7, 11) is 0. The molecule has 2 bridgehead atoms. The minimum Gasteiger partial charge on any atom is -0.360 e. The third kappa shape index (κ3) is 1.25. The van der Waals surface area contributed by atoms with Gasteiger partial charge in [-0.3, -0.25) is 4.79 Å². The van der Waals surface area contributed by atoms with Gasteiger partial charge in [-0.05, 0) is 24.6 Å².